The molecule has 104 valence electrons. The van der Waals surface area contributed by atoms with Crippen molar-refractivity contribution < 1.29 is 4.39 Å². The summed E-state index contributed by atoms with van der Waals surface area (Å²) in [5.41, 5.74) is 5.33. The number of hydrogen-bond donors (Lipinski definition) is 1. The summed E-state index contributed by atoms with van der Waals surface area (Å²) in [4.78, 5) is 0. The third-order valence-electron chi connectivity index (χ3n) is 3.98. The van der Waals surface area contributed by atoms with Crippen LogP contribution >= 0.6 is 0 Å². The molecule has 0 radical (unpaired) electrons. The fourth-order valence-electron chi connectivity index (χ4n) is 2.54. The highest BCUT2D eigenvalue weighted by Crippen LogP contribution is 2.30. The molecule has 1 nitrogen and oxygen atoms in total. The lowest BCUT2D eigenvalue weighted by atomic mass is 9.94. The Morgan fingerprint density at radius 3 is 2.65 bits per heavy atom. The average molecular weight is 269 g/mol. The zero-order valence-corrected chi connectivity index (χ0v) is 12.0. The van der Waals surface area contributed by atoms with E-state index in [4.69, 9.17) is 0 Å². The normalized spacial score (nSPS) is 14.6. The van der Waals surface area contributed by atoms with E-state index in [2.05, 4.69) is 30.4 Å². The first-order valence-corrected chi connectivity index (χ1v) is 7.23. The lowest BCUT2D eigenvalue weighted by Gasteiger charge is -2.14. The van der Waals surface area contributed by atoms with Crippen molar-refractivity contribution in [2.75, 3.05) is 0 Å². The summed E-state index contributed by atoms with van der Waals surface area (Å²) in [6, 6.07) is 12.4. The minimum Gasteiger partial charge on any atom is -0.310 e. The highest BCUT2D eigenvalue weighted by atomic mass is 19.1. The van der Waals surface area contributed by atoms with Gasteiger partial charge < -0.3 is 5.32 Å². The van der Waals surface area contributed by atoms with Crippen molar-refractivity contribution in [3.63, 3.8) is 0 Å². The first kappa shape index (κ1) is 13.3. The van der Waals surface area contributed by atoms with Crippen molar-refractivity contribution in [2.24, 2.45) is 0 Å². The van der Waals surface area contributed by atoms with Crippen LogP contribution in [0.1, 0.15) is 29.5 Å². The van der Waals surface area contributed by atoms with Crippen LogP contribution in [0.25, 0.3) is 11.1 Å². The third kappa shape index (κ3) is 2.75. The molecule has 0 spiro atoms. The predicted molar refractivity (Wildman–Crippen MR) is 81.2 cm³/mol. The predicted octanol–water partition coefficient (Wildman–Crippen LogP) is 4.36. The highest BCUT2D eigenvalue weighted by molar-refractivity contribution is 5.71. The van der Waals surface area contributed by atoms with Gasteiger partial charge in [-0.1, -0.05) is 35.9 Å². The monoisotopic (exact) mass is 269 g/mol. The van der Waals surface area contributed by atoms with Crippen LogP contribution in [0.15, 0.2) is 36.4 Å². The number of benzene rings is 2. The van der Waals surface area contributed by atoms with Crippen LogP contribution in [0.2, 0.25) is 0 Å². The molecule has 1 aliphatic carbocycles. The highest BCUT2D eigenvalue weighted by Gasteiger charge is 2.20. The second-order valence-corrected chi connectivity index (χ2v) is 5.73. The van der Waals surface area contributed by atoms with Gasteiger partial charge in [0.05, 0.1) is 0 Å². The van der Waals surface area contributed by atoms with Gasteiger partial charge in [0.15, 0.2) is 0 Å². The summed E-state index contributed by atoms with van der Waals surface area (Å²) in [6.07, 6.45) is 2.56. The molecule has 2 aromatic carbocycles. The summed E-state index contributed by atoms with van der Waals surface area (Å²) in [5.74, 6) is -0.134. The van der Waals surface area contributed by atoms with Gasteiger partial charge in [-0.25, -0.2) is 4.39 Å². The molecule has 1 aliphatic rings. The Morgan fingerprint density at radius 2 is 1.90 bits per heavy atom. The molecular formula is C18H20FN. The Kier molecular flexibility index (Phi) is 3.58. The number of aryl methyl sites for hydroxylation is 1. The van der Waals surface area contributed by atoms with Gasteiger partial charge in [0.25, 0.3) is 0 Å². The Hall–Kier alpha value is -1.67. The van der Waals surface area contributed by atoms with Gasteiger partial charge in [-0.3, -0.25) is 0 Å². The van der Waals surface area contributed by atoms with Gasteiger partial charge in [0.1, 0.15) is 5.82 Å². The van der Waals surface area contributed by atoms with E-state index in [0.29, 0.717) is 6.04 Å². The molecule has 1 saturated carbocycles. The second-order valence-electron chi connectivity index (χ2n) is 5.73. The third-order valence-corrected chi connectivity index (χ3v) is 3.98. The van der Waals surface area contributed by atoms with Crippen molar-refractivity contribution in [3.8, 4) is 11.1 Å². The van der Waals surface area contributed by atoms with Gasteiger partial charge in [0.2, 0.25) is 0 Å². The van der Waals surface area contributed by atoms with E-state index in [0.717, 1.165) is 23.2 Å². The largest absolute Gasteiger partial charge is 0.310 e. The Morgan fingerprint density at radius 1 is 1.10 bits per heavy atom. The summed E-state index contributed by atoms with van der Waals surface area (Å²) in [5, 5.41) is 3.54. The molecule has 0 amide bonds. The SMILES string of the molecule is Cc1ccc(CNC2CC2)c(-c2cccc(F)c2C)c1. The molecule has 2 heteroatoms. The Labute approximate surface area is 119 Å². The van der Waals surface area contributed by atoms with Crippen LogP contribution in [-0.4, -0.2) is 6.04 Å². The molecule has 0 bridgehead atoms. The molecule has 0 aliphatic heterocycles. The van der Waals surface area contributed by atoms with Gasteiger partial charge in [-0.2, -0.15) is 0 Å². The van der Waals surface area contributed by atoms with Crippen molar-refractivity contribution in [1.82, 2.24) is 5.32 Å². The minimum absolute atomic E-state index is 0.134. The zero-order valence-electron chi connectivity index (χ0n) is 12.0. The summed E-state index contributed by atoms with van der Waals surface area (Å²) in [7, 11) is 0. The van der Waals surface area contributed by atoms with E-state index in [1.165, 1.54) is 30.0 Å². The lowest BCUT2D eigenvalue weighted by Crippen LogP contribution is -2.16. The van der Waals surface area contributed by atoms with E-state index in [9.17, 15) is 4.39 Å². The number of halogens is 1. The molecular weight excluding hydrogens is 249 g/mol. The Balaban J connectivity index is 2.01. The van der Waals surface area contributed by atoms with Crippen LogP contribution in [0, 0.1) is 19.7 Å². The van der Waals surface area contributed by atoms with E-state index >= 15 is 0 Å². The molecule has 0 aromatic heterocycles. The zero-order chi connectivity index (χ0) is 14.1. The minimum atomic E-state index is -0.134. The van der Waals surface area contributed by atoms with Crippen molar-refractivity contribution >= 4 is 0 Å². The van der Waals surface area contributed by atoms with Gasteiger partial charge in [-0.05, 0) is 55.0 Å². The summed E-state index contributed by atoms with van der Waals surface area (Å²) in [6.45, 7) is 4.79. The van der Waals surface area contributed by atoms with Crippen LogP contribution in [0.4, 0.5) is 4.39 Å². The first-order chi connectivity index (χ1) is 9.65. The van der Waals surface area contributed by atoms with Gasteiger partial charge in [0, 0.05) is 12.6 Å². The van der Waals surface area contributed by atoms with E-state index in [-0.39, 0.29) is 5.82 Å². The van der Waals surface area contributed by atoms with Crippen LogP contribution in [0.3, 0.4) is 0 Å². The van der Waals surface area contributed by atoms with Crippen LogP contribution < -0.4 is 5.32 Å². The van der Waals surface area contributed by atoms with Crippen molar-refractivity contribution in [2.45, 2.75) is 39.3 Å². The molecule has 0 heterocycles. The second kappa shape index (κ2) is 5.37. The van der Waals surface area contributed by atoms with Crippen molar-refractivity contribution in [1.29, 1.82) is 0 Å². The van der Waals surface area contributed by atoms with E-state index in [1.54, 1.807) is 6.07 Å². The molecule has 1 fully saturated rings. The van der Waals surface area contributed by atoms with Crippen molar-refractivity contribution in [3.05, 3.63) is 58.9 Å². The standard InChI is InChI=1S/C18H20FN/c1-12-6-7-14(11-20-15-8-9-15)17(10-12)16-4-3-5-18(19)13(16)2/h3-7,10,15,20H,8-9,11H2,1-2H3. The number of hydrogen-bond acceptors (Lipinski definition) is 1. The van der Waals surface area contributed by atoms with Crippen LogP contribution in [-0.2, 0) is 6.54 Å². The van der Waals surface area contributed by atoms with Gasteiger partial charge >= 0.3 is 0 Å². The quantitative estimate of drug-likeness (QED) is 0.869. The van der Waals surface area contributed by atoms with E-state index in [1.807, 2.05) is 13.0 Å². The Bertz CT molecular complexity index is 629. The lowest BCUT2D eigenvalue weighted by molar-refractivity contribution is 0.619. The molecule has 0 atom stereocenters. The summed E-state index contributed by atoms with van der Waals surface area (Å²) >= 11 is 0. The maximum absolute atomic E-state index is 13.8. The topological polar surface area (TPSA) is 12.0 Å². The molecule has 1 N–H and O–H groups in total. The van der Waals surface area contributed by atoms with Crippen LogP contribution in [0.5, 0.6) is 0 Å². The number of rotatable bonds is 4. The van der Waals surface area contributed by atoms with Gasteiger partial charge in [-0.15, -0.1) is 0 Å². The molecule has 0 unspecified atom stereocenters. The fraction of sp³-hybridized carbons (Fsp3) is 0.333. The maximum Gasteiger partial charge on any atom is 0.126 e. The summed E-state index contributed by atoms with van der Waals surface area (Å²) < 4.78 is 13.8. The van der Waals surface area contributed by atoms with E-state index < -0.39 is 0 Å². The fourth-order valence-corrected chi connectivity index (χ4v) is 2.54. The molecule has 0 saturated heterocycles. The number of nitrogens with one attached hydrogen (secondary N) is 1. The molecule has 2 aromatic rings. The smallest absolute Gasteiger partial charge is 0.126 e. The first-order valence-electron chi connectivity index (χ1n) is 7.23. The maximum atomic E-state index is 13.8. The average Bonchev–Trinajstić information content (AvgIpc) is 3.25. The molecule has 20 heavy (non-hydrogen) atoms. The molecule has 3 rings (SSSR count).